The number of carbonyl (C=O) groups is 1. The summed E-state index contributed by atoms with van der Waals surface area (Å²) in [6.45, 7) is 2.84. The highest BCUT2D eigenvalue weighted by atomic mass is 16.5. The molecule has 5 heteroatoms. The van der Waals surface area contributed by atoms with Gasteiger partial charge in [-0.3, -0.25) is 9.69 Å². The normalized spacial score (nSPS) is 18.5. The summed E-state index contributed by atoms with van der Waals surface area (Å²) in [7, 11) is 1.82. The summed E-state index contributed by atoms with van der Waals surface area (Å²) in [4.78, 5) is 13.8. The largest absolute Gasteiger partial charge is 0.479 e. The van der Waals surface area contributed by atoms with Gasteiger partial charge in [-0.15, -0.1) is 0 Å². The third-order valence-corrected chi connectivity index (χ3v) is 2.98. The van der Waals surface area contributed by atoms with Crippen LogP contribution in [0, 0.1) is 0 Å². The Hall–Kier alpha value is -1.59. The fourth-order valence-corrected chi connectivity index (χ4v) is 2.10. The van der Waals surface area contributed by atoms with E-state index < -0.39 is 6.10 Å². The summed E-state index contributed by atoms with van der Waals surface area (Å²) in [5, 5.41) is 3.01. The van der Waals surface area contributed by atoms with Gasteiger partial charge >= 0.3 is 0 Å². The number of rotatable bonds is 4. The molecule has 98 valence electrons. The third kappa shape index (κ3) is 2.32. The molecule has 0 aliphatic carbocycles. The topological polar surface area (TPSA) is 67.6 Å². The molecular formula is C13H19N3O2. The van der Waals surface area contributed by atoms with Crippen LogP contribution in [0.5, 0.6) is 5.75 Å². The van der Waals surface area contributed by atoms with E-state index in [1.54, 1.807) is 11.8 Å². The monoisotopic (exact) mass is 249 g/mol. The Morgan fingerprint density at radius 1 is 1.50 bits per heavy atom. The van der Waals surface area contributed by atoms with Crippen molar-refractivity contribution in [2.24, 2.45) is 5.73 Å². The summed E-state index contributed by atoms with van der Waals surface area (Å²) in [6, 6.07) is 5.88. The lowest BCUT2D eigenvalue weighted by Gasteiger charge is -2.33. The van der Waals surface area contributed by atoms with Gasteiger partial charge in [-0.1, -0.05) is 6.07 Å². The van der Waals surface area contributed by atoms with Crippen LogP contribution in [0.15, 0.2) is 18.2 Å². The maximum atomic E-state index is 12.1. The lowest BCUT2D eigenvalue weighted by molar-refractivity contribution is -0.125. The second-order valence-corrected chi connectivity index (χ2v) is 4.38. The summed E-state index contributed by atoms with van der Waals surface area (Å²) < 4.78 is 5.60. The van der Waals surface area contributed by atoms with Gasteiger partial charge in [0.25, 0.3) is 5.91 Å². The average Bonchev–Trinajstić information content (AvgIpc) is 2.36. The van der Waals surface area contributed by atoms with Crippen molar-refractivity contribution >= 4 is 11.6 Å². The van der Waals surface area contributed by atoms with Gasteiger partial charge in [0.15, 0.2) is 6.10 Å². The SMILES string of the molecule is CNCN1C(=O)C(C)Oc2ccc(CCN)cc21. The van der Waals surface area contributed by atoms with E-state index in [1.807, 2.05) is 25.2 Å². The predicted molar refractivity (Wildman–Crippen MR) is 70.7 cm³/mol. The van der Waals surface area contributed by atoms with E-state index in [9.17, 15) is 4.79 Å². The highest BCUT2D eigenvalue weighted by Crippen LogP contribution is 2.34. The van der Waals surface area contributed by atoms with Gasteiger partial charge in [-0.05, 0) is 44.6 Å². The molecule has 1 unspecified atom stereocenters. The molecule has 1 heterocycles. The molecule has 0 saturated heterocycles. The molecule has 18 heavy (non-hydrogen) atoms. The Morgan fingerprint density at radius 3 is 2.94 bits per heavy atom. The first-order chi connectivity index (χ1) is 8.67. The quantitative estimate of drug-likeness (QED) is 0.814. The molecule has 1 aliphatic rings. The van der Waals surface area contributed by atoms with Crippen molar-refractivity contribution in [3.63, 3.8) is 0 Å². The number of carbonyl (C=O) groups excluding carboxylic acids is 1. The predicted octanol–water partition coefficient (Wildman–Crippen LogP) is 0.479. The lowest BCUT2D eigenvalue weighted by Crippen LogP contribution is -2.47. The number of nitrogens with one attached hydrogen (secondary N) is 1. The van der Waals surface area contributed by atoms with Crippen LogP contribution in [0.2, 0.25) is 0 Å². The van der Waals surface area contributed by atoms with Crippen LogP contribution in [-0.2, 0) is 11.2 Å². The van der Waals surface area contributed by atoms with Gasteiger partial charge in [0.1, 0.15) is 5.75 Å². The van der Waals surface area contributed by atoms with Gasteiger partial charge in [-0.25, -0.2) is 0 Å². The molecule has 1 aromatic rings. The van der Waals surface area contributed by atoms with Crippen LogP contribution in [0.3, 0.4) is 0 Å². The molecule has 1 aromatic carbocycles. The first kappa shape index (κ1) is 12.9. The number of fused-ring (bicyclic) bond motifs is 1. The number of nitrogens with zero attached hydrogens (tertiary/aromatic N) is 1. The molecule has 0 aromatic heterocycles. The van der Waals surface area contributed by atoms with E-state index in [0.717, 1.165) is 23.4 Å². The molecule has 3 N–H and O–H groups in total. The average molecular weight is 249 g/mol. The van der Waals surface area contributed by atoms with Crippen LogP contribution in [-0.4, -0.2) is 32.3 Å². The Kier molecular flexibility index (Phi) is 3.84. The van der Waals surface area contributed by atoms with E-state index in [-0.39, 0.29) is 5.91 Å². The zero-order chi connectivity index (χ0) is 13.1. The van der Waals surface area contributed by atoms with Crippen molar-refractivity contribution in [1.82, 2.24) is 5.32 Å². The van der Waals surface area contributed by atoms with E-state index >= 15 is 0 Å². The molecule has 0 radical (unpaired) electrons. The maximum absolute atomic E-state index is 12.1. The molecule has 0 saturated carbocycles. The van der Waals surface area contributed by atoms with Crippen molar-refractivity contribution < 1.29 is 9.53 Å². The maximum Gasteiger partial charge on any atom is 0.268 e. The highest BCUT2D eigenvalue weighted by molar-refractivity contribution is 5.99. The number of hydrogen-bond donors (Lipinski definition) is 2. The number of amides is 1. The Bertz CT molecular complexity index is 448. The van der Waals surface area contributed by atoms with Crippen molar-refractivity contribution in [2.45, 2.75) is 19.4 Å². The summed E-state index contributed by atoms with van der Waals surface area (Å²) in [5.74, 6) is 0.722. The van der Waals surface area contributed by atoms with Gasteiger partial charge in [0.2, 0.25) is 0 Å². The van der Waals surface area contributed by atoms with E-state index in [0.29, 0.717) is 13.2 Å². The number of ether oxygens (including phenoxy) is 1. The molecule has 0 spiro atoms. The Labute approximate surface area is 107 Å². The lowest BCUT2D eigenvalue weighted by atomic mass is 10.1. The molecule has 1 amide bonds. The van der Waals surface area contributed by atoms with E-state index in [4.69, 9.17) is 10.5 Å². The first-order valence-electron chi connectivity index (χ1n) is 6.13. The molecule has 0 fully saturated rings. The third-order valence-electron chi connectivity index (χ3n) is 2.98. The smallest absolute Gasteiger partial charge is 0.268 e. The Morgan fingerprint density at radius 2 is 2.28 bits per heavy atom. The second kappa shape index (κ2) is 5.37. The Balaban J connectivity index is 2.38. The van der Waals surface area contributed by atoms with Gasteiger partial charge in [0.05, 0.1) is 12.4 Å². The van der Waals surface area contributed by atoms with Crippen molar-refractivity contribution in [3.8, 4) is 5.75 Å². The van der Waals surface area contributed by atoms with Gasteiger partial charge in [0, 0.05) is 0 Å². The number of nitrogens with two attached hydrogens (primary N) is 1. The zero-order valence-electron chi connectivity index (χ0n) is 10.8. The number of benzene rings is 1. The van der Waals surface area contributed by atoms with Crippen LogP contribution in [0.25, 0.3) is 0 Å². The van der Waals surface area contributed by atoms with Crippen LogP contribution >= 0.6 is 0 Å². The summed E-state index contributed by atoms with van der Waals surface area (Å²) in [6.07, 6.45) is 0.357. The number of anilines is 1. The molecule has 0 bridgehead atoms. The van der Waals surface area contributed by atoms with Crippen molar-refractivity contribution in [3.05, 3.63) is 23.8 Å². The summed E-state index contributed by atoms with van der Waals surface area (Å²) >= 11 is 0. The van der Waals surface area contributed by atoms with Crippen LogP contribution in [0.4, 0.5) is 5.69 Å². The fourth-order valence-electron chi connectivity index (χ4n) is 2.10. The zero-order valence-corrected chi connectivity index (χ0v) is 10.8. The minimum absolute atomic E-state index is 0.0262. The van der Waals surface area contributed by atoms with E-state index in [2.05, 4.69) is 5.32 Å². The summed E-state index contributed by atoms with van der Waals surface area (Å²) in [5.41, 5.74) is 7.49. The van der Waals surface area contributed by atoms with Crippen LogP contribution < -0.4 is 20.7 Å². The van der Waals surface area contributed by atoms with Gasteiger partial charge < -0.3 is 15.8 Å². The second-order valence-electron chi connectivity index (χ2n) is 4.38. The molecule has 1 aliphatic heterocycles. The molecular weight excluding hydrogens is 230 g/mol. The standard InChI is InChI=1S/C13H19N3O2/c1-9-13(17)16(8-15-2)11-7-10(5-6-14)3-4-12(11)18-9/h3-4,7,9,15H,5-6,8,14H2,1-2H3. The first-order valence-corrected chi connectivity index (χ1v) is 6.13. The molecule has 2 rings (SSSR count). The fraction of sp³-hybridized carbons (Fsp3) is 0.462. The highest BCUT2D eigenvalue weighted by Gasteiger charge is 2.30. The number of hydrogen-bond acceptors (Lipinski definition) is 4. The van der Waals surface area contributed by atoms with Crippen LogP contribution in [0.1, 0.15) is 12.5 Å². The van der Waals surface area contributed by atoms with Gasteiger partial charge in [-0.2, -0.15) is 0 Å². The minimum atomic E-state index is -0.439. The molecule has 1 atom stereocenters. The minimum Gasteiger partial charge on any atom is -0.479 e. The van der Waals surface area contributed by atoms with Crippen molar-refractivity contribution in [1.29, 1.82) is 0 Å². The van der Waals surface area contributed by atoms with Crippen molar-refractivity contribution in [2.75, 3.05) is 25.2 Å². The van der Waals surface area contributed by atoms with E-state index in [1.165, 1.54) is 0 Å². The molecule has 5 nitrogen and oxygen atoms in total.